The van der Waals surface area contributed by atoms with Crippen LogP contribution >= 0.6 is 0 Å². The van der Waals surface area contributed by atoms with E-state index in [0.29, 0.717) is 5.92 Å². The van der Waals surface area contributed by atoms with Gasteiger partial charge in [-0.3, -0.25) is 9.98 Å². The van der Waals surface area contributed by atoms with E-state index in [1.54, 1.807) is 0 Å². The largest absolute Gasteiger partial charge is 0.357 e. The van der Waals surface area contributed by atoms with Gasteiger partial charge in [0.15, 0.2) is 0 Å². The van der Waals surface area contributed by atoms with Crippen LogP contribution in [-0.4, -0.2) is 28.8 Å². The highest BCUT2D eigenvalue weighted by molar-refractivity contribution is 6.15. The molecule has 0 unspecified atom stereocenters. The number of fused-ring (bicyclic) bond motifs is 1. The molecule has 0 aliphatic carbocycles. The summed E-state index contributed by atoms with van der Waals surface area (Å²) in [6.45, 7) is 2.81. The van der Waals surface area contributed by atoms with Gasteiger partial charge in [0.1, 0.15) is 5.82 Å². The highest BCUT2D eigenvalue weighted by Crippen LogP contribution is 2.30. The molecular weight excluding hydrogens is 332 g/mol. The molecule has 4 nitrogen and oxygen atoms in total. The monoisotopic (exact) mass is 354 g/mol. The van der Waals surface area contributed by atoms with Gasteiger partial charge in [0.25, 0.3) is 0 Å². The molecule has 4 heterocycles. The van der Waals surface area contributed by atoms with Crippen molar-refractivity contribution in [1.29, 1.82) is 0 Å². The summed E-state index contributed by atoms with van der Waals surface area (Å²) in [6, 6.07) is 19.0. The van der Waals surface area contributed by atoms with Crippen molar-refractivity contribution in [3.8, 4) is 0 Å². The van der Waals surface area contributed by atoms with Crippen LogP contribution < -0.4 is 4.90 Å². The Balaban J connectivity index is 1.34. The first kappa shape index (κ1) is 16.2. The van der Waals surface area contributed by atoms with E-state index in [-0.39, 0.29) is 0 Å². The van der Waals surface area contributed by atoms with E-state index in [4.69, 9.17) is 4.99 Å². The van der Waals surface area contributed by atoms with Crippen LogP contribution in [0.5, 0.6) is 0 Å². The van der Waals surface area contributed by atoms with E-state index in [1.807, 2.05) is 18.5 Å². The first-order chi connectivity index (χ1) is 13.4. The van der Waals surface area contributed by atoms with Crippen molar-refractivity contribution >= 4 is 11.5 Å². The number of rotatable bonds is 3. The topological polar surface area (TPSA) is 41.4 Å². The Morgan fingerprint density at radius 3 is 2.56 bits per heavy atom. The van der Waals surface area contributed by atoms with E-state index in [9.17, 15) is 0 Å². The quantitative estimate of drug-likeness (QED) is 0.707. The van der Waals surface area contributed by atoms with Crippen molar-refractivity contribution in [3.05, 3.63) is 89.4 Å². The summed E-state index contributed by atoms with van der Waals surface area (Å²) in [6.07, 6.45) is 6.05. The zero-order chi connectivity index (χ0) is 18.1. The molecule has 2 aliphatic heterocycles. The second-order valence-corrected chi connectivity index (χ2v) is 7.24. The molecule has 0 spiro atoms. The fraction of sp³-hybridized carbons (Fsp3) is 0.261. The summed E-state index contributed by atoms with van der Waals surface area (Å²) in [5.41, 5.74) is 6.04. The maximum absolute atomic E-state index is 4.77. The lowest BCUT2D eigenvalue weighted by atomic mass is 9.93. The van der Waals surface area contributed by atoms with E-state index >= 15 is 0 Å². The third-order valence-corrected chi connectivity index (χ3v) is 5.62. The fourth-order valence-electron chi connectivity index (χ4n) is 4.15. The van der Waals surface area contributed by atoms with E-state index in [0.717, 1.165) is 49.6 Å². The predicted octanol–water partition coefficient (Wildman–Crippen LogP) is 4.21. The van der Waals surface area contributed by atoms with Crippen molar-refractivity contribution < 1.29 is 0 Å². The van der Waals surface area contributed by atoms with Gasteiger partial charge in [0.05, 0.1) is 12.3 Å². The van der Waals surface area contributed by atoms with Crippen LogP contribution in [0.15, 0.2) is 72.0 Å². The van der Waals surface area contributed by atoms with Crippen LogP contribution in [0, 0.1) is 0 Å². The van der Waals surface area contributed by atoms with E-state index < -0.39 is 0 Å². The molecule has 5 rings (SSSR count). The molecular formula is C23H22N4. The molecule has 4 heteroatoms. The number of anilines is 1. The van der Waals surface area contributed by atoms with Crippen LogP contribution in [0.4, 0.5) is 5.82 Å². The third-order valence-electron chi connectivity index (χ3n) is 5.62. The number of pyridine rings is 2. The lowest BCUT2D eigenvalue weighted by Gasteiger charge is -2.32. The predicted molar refractivity (Wildman–Crippen MR) is 108 cm³/mol. The number of benzene rings is 1. The number of piperidine rings is 1. The Kier molecular flexibility index (Phi) is 4.17. The average molecular weight is 354 g/mol. The highest BCUT2D eigenvalue weighted by Gasteiger charge is 2.23. The third kappa shape index (κ3) is 3.12. The van der Waals surface area contributed by atoms with Crippen LogP contribution in [0.3, 0.4) is 0 Å². The Morgan fingerprint density at radius 2 is 1.70 bits per heavy atom. The first-order valence-electron chi connectivity index (χ1n) is 9.63. The Morgan fingerprint density at radius 1 is 0.852 bits per heavy atom. The van der Waals surface area contributed by atoms with Crippen molar-refractivity contribution in [1.82, 2.24) is 9.97 Å². The molecule has 1 fully saturated rings. The molecule has 0 N–H and O–H groups in total. The molecule has 0 bridgehead atoms. The number of aromatic nitrogens is 2. The second-order valence-electron chi connectivity index (χ2n) is 7.24. The summed E-state index contributed by atoms with van der Waals surface area (Å²) < 4.78 is 0. The Hall–Kier alpha value is -3.01. The van der Waals surface area contributed by atoms with Gasteiger partial charge in [-0.1, -0.05) is 30.3 Å². The molecule has 3 aromatic rings. The van der Waals surface area contributed by atoms with Gasteiger partial charge in [0.2, 0.25) is 0 Å². The van der Waals surface area contributed by atoms with Crippen LogP contribution in [0.1, 0.15) is 41.1 Å². The van der Waals surface area contributed by atoms with Gasteiger partial charge in [-0.2, -0.15) is 0 Å². The van der Waals surface area contributed by atoms with Crippen molar-refractivity contribution in [2.24, 2.45) is 4.99 Å². The van der Waals surface area contributed by atoms with Gasteiger partial charge >= 0.3 is 0 Å². The van der Waals surface area contributed by atoms with E-state index in [1.165, 1.54) is 16.8 Å². The number of hydrogen-bond donors (Lipinski definition) is 0. The van der Waals surface area contributed by atoms with Gasteiger partial charge in [-0.05, 0) is 42.7 Å². The molecule has 0 atom stereocenters. The van der Waals surface area contributed by atoms with Crippen molar-refractivity contribution in [2.45, 2.75) is 25.3 Å². The molecule has 2 aliphatic rings. The van der Waals surface area contributed by atoms with Crippen LogP contribution in [-0.2, 0) is 6.54 Å². The molecule has 1 aromatic carbocycles. The summed E-state index contributed by atoms with van der Waals surface area (Å²) in [5, 5.41) is 0. The molecule has 0 saturated carbocycles. The molecule has 2 aromatic heterocycles. The van der Waals surface area contributed by atoms with Gasteiger partial charge < -0.3 is 4.90 Å². The molecule has 0 amide bonds. The van der Waals surface area contributed by atoms with Gasteiger partial charge in [-0.25, -0.2) is 4.98 Å². The number of aliphatic imine (C=N–C) groups is 1. The number of hydrogen-bond acceptors (Lipinski definition) is 4. The van der Waals surface area contributed by atoms with Crippen molar-refractivity contribution in [3.63, 3.8) is 0 Å². The highest BCUT2D eigenvalue weighted by atomic mass is 15.2. The Bertz CT molecular complexity index is 972. The maximum atomic E-state index is 4.77. The summed E-state index contributed by atoms with van der Waals surface area (Å²) >= 11 is 0. The normalized spacial score (nSPS) is 16.9. The minimum atomic E-state index is 0.553. The molecule has 27 heavy (non-hydrogen) atoms. The minimum Gasteiger partial charge on any atom is -0.357 e. The number of nitrogens with zero attached hydrogens (tertiary/aromatic N) is 4. The van der Waals surface area contributed by atoms with Crippen molar-refractivity contribution in [2.75, 3.05) is 18.0 Å². The van der Waals surface area contributed by atoms with Crippen LogP contribution in [0.2, 0.25) is 0 Å². The summed E-state index contributed by atoms with van der Waals surface area (Å²) in [5.74, 6) is 1.61. The summed E-state index contributed by atoms with van der Waals surface area (Å²) in [4.78, 5) is 16.3. The minimum absolute atomic E-state index is 0.553. The fourth-order valence-corrected chi connectivity index (χ4v) is 4.15. The van der Waals surface area contributed by atoms with Gasteiger partial charge in [-0.15, -0.1) is 0 Å². The summed E-state index contributed by atoms with van der Waals surface area (Å²) in [7, 11) is 0. The standard InChI is InChI=1S/C23H22N4/c1-2-6-20-19(5-1)16-26-23(20)18-8-12-25-22(15-18)27-13-9-17(10-14-27)21-7-3-4-11-24-21/h1-8,11-12,15,17H,9-10,13-14,16H2. The SMILES string of the molecule is c1ccc(C2CCN(c3cc(C4=NCc5ccccc54)ccn3)CC2)nc1. The first-order valence-corrected chi connectivity index (χ1v) is 9.63. The molecule has 134 valence electrons. The lowest BCUT2D eigenvalue weighted by molar-refractivity contribution is 0.494. The zero-order valence-electron chi connectivity index (χ0n) is 15.3. The lowest BCUT2D eigenvalue weighted by Crippen LogP contribution is -2.33. The van der Waals surface area contributed by atoms with E-state index in [2.05, 4.69) is 63.4 Å². The zero-order valence-corrected chi connectivity index (χ0v) is 15.3. The Labute approximate surface area is 159 Å². The smallest absolute Gasteiger partial charge is 0.129 e. The van der Waals surface area contributed by atoms with Gasteiger partial charge in [0, 0.05) is 48.2 Å². The molecule has 1 saturated heterocycles. The molecule has 0 radical (unpaired) electrons. The maximum Gasteiger partial charge on any atom is 0.129 e. The second kappa shape index (κ2) is 6.95. The average Bonchev–Trinajstić information content (AvgIpc) is 3.19. The van der Waals surface area contributed by atoms with Crippen LogP contribution in [0.25, 0.3) is 0 Å².